The SMILES string of the molecule is CN1CCC(C)(CNC(=O)CC(N)=NO)CC1. The third kappa shape index (κ3) is 4.60. The molecule has 1 rings (SSSR count). The van der Waals surface area contributed by atoms with Crippen LogP contribution < -0.4 is 11.1 Å². The van der Waals surface area contributed by atoms with Crippen LogP contribution >= 0.6 is 0 Å². The molecule has 98 valence electrons. The monoisotopic (exact) mass is 242 g/mol. The zero-order valence-electron chi connectivity index (χ0n) is 10.6. The molecule has 1 amide bonds. The zero-order valence-corrected chi connectivity index (χ0v) is 10.6. The number of amidine groups is 1. The van der Waals surface area contributed by atoms with Crippen molar-refractivity contribution in [3.05, 3.63) is 0 Å². The smallest absolute Gasteiger partial charge is 0.227 e. The summed E-state index contributed by atoms with van der Waals surface area (Å²) in [7, 11) is 2.11. The molecule has 0 atom stereocenters. The molecule has 1 aliphatic rings. The second kappa shape index (κ2) is 5.86. The number of carbonyl (C=O) groups is 1. The minimum absolute atomic E-state index is 0.0491. The summed E-state index contributed by atoms with van der Waals surface area (Å²) in [5.74, 6) is -0.253. The minimum Gasteiger partial charge on any atom is -0.409 e. The molecule has 0 bridgehead atoms. The minimum atomic E-state index is -0.194. The summed E-state index contributed by atoms with van der Waals surface area (Å²) in [5.41, 5.74) is 5.43. The second-order valence-corrected chi connectivity index (χ2v) is 5.16. The van der Waals surface area contributed by atoms with Crippen LogP contribution in [0.25, 0.3) is 0 Å². The Morgan fingerprint density at radius 3 is 2.65 bits per heavy atom. The van der Waals surface area contributed by atoms with Crippen LogP contribution in [0.15, 0.2) is 5.16 Å². The van der Waals surface area contributed by atoms with Gasteiger partial charge in [-0.15, -0.1) is 0 Å². The number of carbonyl (C=O) groups excluding carboxylic acids is 1. The Hall–Kier alpha value is -1.30. The highest BCUT2D eigenvalue weighted by Gasteiger charge is 2.29. The fourth-order valence-electron chi connectivity index (χ4n) is 1.91. The summed E-state index contributed by atoms with van der Waals surface area (Å²) in [6, 6.07) is 0. The standard InChI is InChI=1S/C11H22N4O2/c1-11(3-5-15(2)6-4-11)8-13-10(16)7-9(12)14-17/h17H,3-8H2,1-2H3,(H2,12,14)(H,13,16). The van der Waals surface area contributed by atoms with Gasteiger partial charge in [0.15, 0.2) is 0 Å². The molecule has 0 aliphatic carbocycles. The summed E-state index contributed by atoms with van der Waals surface area (Å²) in [4.78, 5) is 13.8. The van der Waals surface area contributed by atoms with Gasteiger partial charge in [-0.2, -0.15) is 0 Å². The maximum atomic E-state index is 11.5. The van der Waals surface area contributed by atoms with Gasteiger partial charge in [0.2, 0.25) is 5.91 Å². The van der Waals surface area contributed by atoms with Gasteiger partial charge in [0.25, 0.3) is 0 Å². The summed E-state index contributed by atoms with van der Waals surface area (Å²) >= 11 is 0. The van der Waals surface area contributed by atoms with E-state index < -0.39 is 0 Å². The Kier molecular flexibility index (Phi) is 4.74. The van der Waals surface area contributed by atoms with E-state index in [0.717, 1.165) is 25.9 Å². The number of piperidine rings is 1. The Morgan fingerprint density at radius 2 is 2.12 bits per heavy atom. The van der Waals surface area contributed by atoms with Crippen molar-refractivity contribution < 1.29 is 10.0 Å². The molecule has 0 radical (unpaired) electrons. The quantitative estimate of drug-likeness (QED) is 0.279. The van der Waals surface area contributed by atoms with E-state index in [4.69, 9.17) is 10.9 Å². The van der Waals surface area contributed by atoms with Crippen molar-refractivity contribution in [3.8, 4) is 0 Å². The summed E-state index contributed by atoms with van der Waals surface area (Å²) in [6.07, 6.45) is 2.10. The van der Waals surface area contributed by atoms with Crippen molar-refractivity contribution in [2.45, 2.75) is 26.2 Å². The summed E-state index contributed by atoms with van der Waals surface area (Å²) in [5, 5.41) is 14.0. The first-order chi connectivity index (χ1) is 7.95. The molecule has 0 unspecified atom stereocenters. The molecule has 4 N–H and O–H groups in total. The molecule has 0 aromatic heterocycles. The highest BCUT2D eigenvalue weighted by molar-refractivity contribution is 5.98. The molecule has 17 heavy (non-hydrogen) atoms. The Bertz CT molecular complexity index is 296. The van der Waals surface area contributed by atoms with Crippen molar-refractivity contribution in [2.24, 2.45) is 16.3 Å². The van der Waals surface area contributed by atoms with E-state index in [0.29, 0.717) is 6.54 Å². The van der Waals surface area contributed by atoms with Gasteiger partial charge in [-0.1, -0.05) is 12.1 Å². The van der Waals surface area contributed by atoms with Crippen molar-refractivity contribution >= 4 is 11.7 Å². The van der Waals surface area contributed by atoms with E-state index >= 15 is 0 Å². The van der Waals surface area contributed by atoms with Gasteiger partial charge in [0, 0.05) is 6.54 Å². The Morgan fingerprint density at radius 1 is 1.53 bits per heavy atom. The Balaban J connectivity index is 2.32. The van der Waals surface area contributed by atoms with Crippen LogP contribution in [0.4, 0.5) is 0 Å². The van der Waals surface area contributed by atoms with Gasteiger partial charge in [-0.3, -0.25) is 4.79 Å². The van der Waals surface area contributed by atoms with Crippen LogP contribution in [-0.2, 0) is 4.79 Å². The predicted octanol–water partition coefficient (Wildman–Crippen LogP) is -0.0290. The van der Waals surface area contributed by atoms with Crippen molar-refractivity contribution in [2.75, 3.05) is 26.7 Å². The molecule has 1 heterocycles. The lowest BCUT2D eigenvalue weighted by Gasteiger charge is -2.37. The molecule has 6 heteroatoms. The fraction of sp³-hybridized carbons (Fsp3) is 0.818. The molecule has 0 aromatic carbocycles. The van der Waals surface area contributed by atoms with E-state index in [1.165, 1.54) is 0 Å². The number of nitrogens with one attached hydrogen (secondary N) is 1. The molecule has 1 fully saturated rings. The van der Waals surface area contributed by atoms with E-state index in [1.54, 1.807) is 0 Å². The van der Waals surface area contributed by atoms with Crippen LogP contribution in [0.1, 0.15) is 26.2 Å². The summed E-state index contributed by atoms with van der Waals surface area (Å²) < 4.78 is 0. The number of likely N-dealkylation sites (tertiary alicyclic amines) is 1. The van der Waals surface area contributed by atoms with Gasteiger partial charge >= 0.3 is 0 Å². The highest BCUT2D eigenvalue weighted by atomic mass is 16.4. The lowest BCUT2D eigenvalue weighted by atomic mass is 9.80. The maximum absolute atomic E-state index is 11.5. The molecule has 0 aromatic rings. The third-order valence-corrected chi connectivity index (χ3v) is 3.38. The van der Waals surface area contributed by atoms with Gasteiger partial charge in [-0.05, 0) is 38.4 Å². The van der Waals surface area contributed by atoms with E-state index in [2.05, 4.69) is 29.3 Å². The normalized spacial score (nSPS) is 21.2. The van der Waals surface area contributed by atoms with Gasteiger partial charge in [0.1, 0.15) is 5.84 Å². The number of amides is 1. The lowest BCUT2D eigenvalue weighted by Crippen LogP contribution is -2.44. The van der Waals surface area contributed by atoms with Crippen LogP contribution in [0, 0.1) is 5.41 Å². The topological polar surface area (TPSA) is 91.0 Å². The molecule has 1 saturated heterocycles. The number of nitrogens with two attached hydrogens (primary N) is 1. The Labute approximate surface area is 102 Å². The van der Waals surface area contributed by atoms with Crippen LogP contribution in [0.2, 0.25) is 0 Å². The number of nitrogens with zero attached hydrogens (tertiary/aromatic N) is 2. The maximum Gasteiger partial charge on any atom is 0.227 e. The van der Waals surface area contributed by atoms with Crippen LogP contribution in [0.3, 0.4) is 0 Å². The average molecular weight is 242 g/mol. The number of oxime groups is 1. The summed E-state index contributed by atoms with van der Waals surface area (Å²) in [6.45, 7) is 4.96. The zero-order chi connectivity index (χ0) is 12.9. The number of rotatable bonds is 4. The average Bonchev–Trinajstić information content (AvgIpc) is 2.31. The van der Waals surface area contributed by atoms with E-state index in [9.17, 15) is 4.79 Å². The predicted molar refractivity (Wildman–Crippen MR) is 65.9 cm³/mol. The van der Waals surface area contributed by atoms with Crippen molar-refractivity contribution in [1.29, 1.82) is 0 Å². The first kappa shape index (κ1) is 13.8. The molecular weight excluding hydrogens is 220 g/mol. The molecular formula is C11H22N4O2. The third-order valence-electron chi connectivity index (χ3n) is 3.38. The van der Waals surface area contributed by atoms with E-state index in [-0.39, 0.29) is 23.6 Å². The lowest BCUT2D eigenvalue weighted by molar-refractivity contribution is -0.120. The first-order valence-corrected chi connectivity index (χ1v) is 5.87. The highest BCUT2D eigenvalue weighted by Crippen LogP contribution is 2.29. The molecule has 0 saturated carbocycles. The van der Waals surface area contributed by atoms with Crippen LogP contribution in [0.5, 0.6) is 0 Å². The largest absolute Gasteiger partial charge is 0.409 e. The van der Waals surface area contributed by atoms with Gasteiger partial charge < -0.3 is 21.2 Å². The van der Waals surface area contributed by atoms with E-state index in [1.807, 2.05) is 0 Å². The molecule has 1 aliphatic heterocycles. The van der Waals surface area contributed by atoms with Crippen molar-refractivity contribution in [1.82, 2.24) is 10.2 Å². The van der Waals surface area contributed by atoms with Crippen molar-refractivity contribution in [3.63, 3.8) is 0 Å². The van der Waals surface area contributed by atoms with Crippen LogP contribution in [-0.4, -0.2) is 48.5 Å². The number of hydrogen-bond donors (Lipinski definition) is 3. The van der Waals surface area contributed by atoms with Gasteiger partial charge in [-0.25, -0.2) is 0 Å². The molecule has 6 nitrogen and oxygen atoms in total. The fourth-order valence-corrected chi connectivity index (χ4v) is 1.91. The van der Waals surface area contributed by atoms with Gasteiger partial charge in [0.05, 0.1) is 6.42 Å². The second-order valence-electron chi connectivity index (χ2n) is 5.16. The molecule has 0 spiro atoms. The first-order valence-electron chi connectivity index (χ1n) is 5.87. The number of hydrogen-bond acceptors (Lipinski definition) is 4.